The van der Waals surface area contributed by atoms with Crippen LogP contribution in [0.2, 0.25) is 5.02 Å². The van der Waals surface area contributed by atoms with E-state index in [9.17, 15) is 4.79 Å². The predicted molar refractivity (Wildman–Crippen MR) is 109 cm³/mol. The quantitative estimate of drug-likeness (QED) is 0.350. The highest BCUT2D eigenvalue weighted by atomic mass is 35.5. The molecule has 3 aromatic rings. The van der Waals surface area contributed by atoms with Gasteiger partial charge in [0.05, 0.1) is 12.7 Å². The minimum absolute atomic E-state index is 0.348. The Balaban J connectivity index is 1.94. The fourth-order valence-electron chi connectivity index (χ4n) is 2.62. The van der Waals surface area contributed by atoms with Crippen LogP contribution in [0.25, 0.3) is 11.1 Å². The molecule has 0 heterocycles. The molecule has 0 bridgehead atoms. The van der Waals surface area contributed by atoms with Crippen LogP contribution >= 0.6 is 23.4 Å². The Hall–Kier alpha value is -2.43. The van der Waals surface area contributed by atoms with E-state index in [2.05, 4.69) is 0 Å². The second-order valence-corrected chi connectivity index (χ2v) is 7.15. The Labute approximate surface area is 162 Å². The van der Waals surface area contributed by atoms with Crippen molar-refractivity contribution in [1.82, 2.24) is 0 Å². The van der Waals surface area contributed by atoms with Gasteiger partial charge in [0.15, 0.2) is 0 Å². The molecule has 3 nitrogen and oxygen atoms in total. The van der Waals surface area contributed by atoms with E-state index >= 15 is 0 Å². The summed E-state index contributed by atoms with van der Waals surface area (Å²) in [5, 5.41) is 0.632. The Kier molecular flexibility index (Phi) is 5.86. The third-order valence-corrected chi connectivity index (χ3v) is 5.33. The Morgan fingerprint density at radius 3 is 2.54 bits per heavy atom. The van der Waals surface area contributed by atoms with Crippen LogP contribution in [-0.2, 0) is 10.5 Å². The molecule has 0 unspecified atom stereocenters. The maximum atomic E-state index is 12.1. The molecule has 3 aromatic carbocycles. The van der Waals surface area contributed by atoms with Crippen molar-refractivity contribution in [2.24, 2.45) is 0 Å². The van der Waals surface area contributed by atoms with Crippen LogP contribution in [0.15, 0.2) is 71.6 Å². The summed E-state index contributed by atoms with van der Waals surface area (Å²) < 4.78 is 4.92. The number of esters is 1. The first-order valence-corrected chi connectivity index (χ1v) is 9.39. The summed E-state index contributed by atoms with van der Waals surface area (Å²) in [6, 6.07) is 21.2. The number of nitrogens with two attached hydrogens (primary N) is 1. The van der Waals surface area contributed by atoms with Crippen LogP contribution in [0, 0.1) is 0 Å². The van der Waals surface area contributed by atoms with Gasteiger partial charge in [0.25, 0.3) is 0 Å². The van der Waals surface area contributed by atoms with Crippen molar-refractivity contribution in [3.05, 3.63) is 82.9 Å². The second kappa shape index (κ2) is 8.30. The highest BCUT2D eigenvalue weighted by molar-refractivity contribution is 7.98. The molecule has 0 saturated carbocycles. The first-order chi connectivity index (χ1) is 12.6. The average molecular weight is 384 g/mol. The molecule has 0 aliphatic carbocycles. The molecular weight excluding hydrogens is 366 g/mol. The summed E-state index contributed by atoms with van der Waals surface area (Å²) in [6.45, 7) is 0. The van der Waals surface area contributed by atoms with Gasteiger partial charge in [0.1, 0.15) is 0 Å². The van der Waals surface area contributed by atoms with Gasteiger partial charge in [-0.15, -0.1) is 11.8 Å². The van der Waals surface area contributed by atoms with Crippen LogP contribution in [0.1, 0.15) is 15.9 Å². The first kappa shape index (κ1) is 18.4. The number of anilines is 1. The van der Waals surface area contributed by atoms with Crippen molar-refractivity contribution in [3.8, 4) is 11.1 Å². The van der Waals surface area contributed by atoms with Gasteiger partial charge in [-0.3, -0.25) is 0 Å². The van der Waals surface area contributed by atoms with E-state index in [-0.39, 0.29) is 5.97 Å². The number of methoxy groups -OCH3 is 1. The van der Waals surface area contributed by atoms with Gasteiger partial charge in [-0.25, -0.2) is 4.79 Å². The lowest BCUT2D eigenvalue weighted by atomic mass is 10.00. The standard InChI is InChI=1S/C21H18ClNO2S/c1-25-21(24)18-9-7-15(14-5-3-2-4-6-14)11-16(18)13-26-20-12-17(22)8-10-19(20)23/h2-12H,13,23H2,1H3. The SMILES string of the molecule is COC(=O)c1ccc(-c2ccccc2)cc1CSc1cc(Cl)ccc1N. The summed E-state index contributed by atoms with van der Waals surface area (Å²) in [7, 11) is 1.39. The number of rotatable bonds is 5. The number of carbonyl (C=O) groups excluding carboxylic acids is 1. The molecule has 5 heteroatoms. The predicted octanol–water partition coefficient (Wildman–Crippen LogP) is 5.67. The number of ether oxygens (including phenoxy) is 1. The maximum absolute atomic E-state index is 12.1. The molecule has 132 valence electrons. The molecule has 0 atom stereocenters. The number of carbonyl (C=O) groups is 1. The van der Waals surface area contributed by atoms with Crippen molar-refractivity contribution in [1.29, 1.82) is 0 Å². The van der Waals surface area contributed by atoms with Crippen LogP contribution in [0.3, 0.4) is 0 Å². The second-order valence-electron chi connectivity index (χ2n) is 5.70. The number of benzene rings is 3. The van der Waals surface area contributed by atoms with Crippen molar-refractivity contribution in [2.75, 3.05) is 12.8 Å². The number of hydrogen-bond acceptors (Lipinski definition) is 4. The summed E-state index contributed by atoms with van der Waals surface area (Å²) in [6.07, 6.45) is 0. The zero-order valence-electron chi connectivity index (χ0n) is 14.2. The molecule has 0 radical (unpaired) electrons. The summed E-state index contributed by atoms with van der Waals surface area (Å²) >= 11 is 7.61. The third kappa shape index (κ3) is 4.21. The highest BCUT2D eigenvalue weighted by Crippen LogP contribution is 2.33. The number of halogens is 1. The van der Waals surface area contributed by atoms with Crippen molar-refractivity contribution >= 4 is 35.0 Å². The van der Waals surface area contributed by atoms with E-state index in [4.69, 9.17) is 22.1 Å². The van der Waals surface area contributed by atoms with E-state index in [1.54, 1.807) is 23.9 Å². The van der Waals surface area contributed by atoms with Crippen LogP contribution < -0.4 is 5.73 Å². The molecule has 0 aliphatic rings. The fraction of sp³-hybridized carbons (Fsp3) is 0.0952. The molecule has 0 aromatic heterocycles. The zero-order valence-corrected chi connectivity index (χ0v) is 15.8. The van der Waals surface area contributed by atoms with Crippen molar-refractivity contribution in [2.45, 2.75) is 10.6 Å². The van der Waals surface area contributed by atoms with E-state index in [1.165, 1.54) is 7.11 Å². The first-order valence-electron chi connectivity index (χ1n) is 8.03. The van der Waals surface area contributed by atoms with Gasteiger partial charge in [-0.05, 0) is 47.0 Å². The van der Waals surface area contributed by atoms with Gasteiger partial charge >= 0.3 is 5.97 Å². The largest absolute Gasteiger partial charge is 0.465 e. The molecule has 0 saturated heterocycles. The van der Waals surface area contributed by atoms with Gasteiger partial charge in [-0.1, -0.05) is 48.0 Å². The fourth-order valence-corrected chi connectivity index (χ4v) is 3.85. The monoisotopic (exact) mass is 383 g/mol. The molecular formula is C21H18ClNO2S. The minimum Gasteiger partial charge on any atom is -0.465 e. The lowest BCUT2D eigenvalue weighted by molar-refractivity contribution is 0.0600. The topological polar surface area (TPSA) is 52.3 Å². The van der Waals surface area contributed by atoms with Gasteiger partial charge in [0.2, 0.25) is 0 Å². The number of thioether (sulfide) groups is 1. The van der Waals surface area contributed by atoms with E-state index in [0.717, 1.165) is 21.6 Å². The Morgan fingerprint density at radius 1 is 1.04 bits per heavy atom. The molecule has 2 N–H and O–H groups in total. The summed E-state index contributed by atoms with van der Waals surface area (Å²) in [5.41, 5.74) is 10.3. The van der Waals surface area contributed by atoms with Crippen molar-refractivity contribution < 1.29 is 9.53 Å². The third-order valence-electron chi connectivity index (χ3n) is 3.98. The van der Waals surface area contributed by atoms with Gasteiger partial charge in [-0.2, -0.15) is 0 Å². The number of hydrogen-bond donors (Lipinski definition) is 1. The molecule has 26 heavy (non-hydrogen) atoms. The van der Waals surface area contributed by atoms with E-state index in [1.807, 2.05) is 54.6 Å². The normalized spacial score (nSPS) is 10.5. The Morgan fingerprint density at radius 2 is 1.81 bits per heavy atom. The van der Waals surface area contributed by atoms with Gasteiger partial charge < -0.3 is 10.5 Å². The van der Waals surface area contributed by atoms with Crippen LogP contribution in [-0.4, -0.2) is 13.1 Å². The van der Waals surface area contributed by atoms with Gasteiger partial charge in [0, 0.05) is 21.4 Å². The van der Waals surface area contributed by atoms with Crippen molar-refractivity contribution in [3.63, 3.8) is 0 Å². The minimum atomic E-state index is -0.348. The smallest absolute Gasteiger partial charge is 0.338 e. The van der Waals surface area contributed by atoms with Crippen LogP contribution in [0.4, 0.5) is 5.69 Å². The number of nitrogen functional groups attached to an aromatic ring is 1. The highest BCUT2D eigenvalue weighted by Gasteiger charge is 2.14. The average Bonchev–Trinajstić information content (AvgIpc) is 2.68. The summed E-state index contributed by atoms with van der Waals surface area (Å²) in [5.74, 6) is 0.231. The lowest BCUT2D eigenvalue weighted by Crippen LogP contribution is -2.05. The molecule has 3 rings (SSSR count). The zero-order chi connectivity index (χ0) is 18.5. The molecule has 0 fully saturated rings. The van der Waals surface area contributed by atoms with Crippen LogP contribution in [0.5, 0.6) is 0 Å². The maximum Gasteiger partial charge on any atom is 0.338 e. The molecule has 0 aliphatic heterocycles. The van der Waals surface area contributed by atoms with E-state index < -0.39 is 0 Å². The Bertz CT molecular complexity index is 929. The lowest BCUT2D eigenvalue weighted by Gasteiger charge is -2.12. The summed E-state index contributed by atoms with van der Waals surface area (Å²) in [4.78, 5) is 13.0. The van der Waals surface area contributed by atoms with E-state index in [0.29, 0.717) is 22.0 Å². The molecule has 0 spiro atoms. The molecule has 0 amide bonds.